The van der Waals surface area contributed by atoms with Gasteiger partial charge < -0.3 is 15.6 Å². The Balaban J connectivity index is 2.30. The summed E-state index contributed by atoms with van der Waals surface area (Å²) in [6.45, 7) is 0.356. The SMILES string of the molecule is Nc1nnc(S(=O)(=O)N2CCOCC2CO)s1. The smallest absolute Gasteiger partial charge is 0.272 e. The average Bonchev–Trinajstić information content (AvgIpc) is 2.76. The Hall–Kier alpha value is -0.810. The molecule has 1 aliphatic rings. The number of sulfonamides is 1. The molecule has 0 radical (unpaired) electrons. The molecule has 1 aliphatic heterocycles. The number of anilines is 1. The van der Waals surface area contributed by atoms with Crippen molar-refractivity contribution in [3.05, 3.63) is 0 Å². The summed E-state index contributed by atoms with van der Waals surface area (Å²) in [5, 5.41) is 16.2. The Morgan fingerprint density at radius 3 is 2.94 bits per heavy atom. The molecule has 96 valence electrons. The molecular formula is C7H12N4O4S2. The van der Waals surface area contributed by atoms with Crippen molar-refractivity contribution in [3.63, 3.8) is 0 Å². The number of aliphatic hydroxyl groups excluding tert-OH is 1. The minimum atomic E-state index is -3.74. The largest absolute Gasteiger partial charge is 0.395 e. The summed E-state index contributed by atoms with van der Waals surface area (Å²) < 4.78 is 30.5. The number of ether oxygens (including phenoxy) is 1. The number of rotatable bonds is 3. The first-order valence-electron chi connectivity index (χ1n) is 4.85. The van der Waals surface area contributed by atoms with E-state index in [1.54, 1.807) is 0 Å². The molecule has 0 aromatic carbocycles. The fourth-order valence-electron chi connectivity index (χ4n) is 1.52. The number of aliphatic hydroxyl groups is 1. The van der Waals surface area contributed by atoms with Crippen LogP contribution in [0.25, 0.3) is 0 Å². The van der Waals surface area contributed by atoms with Crippen molar-refractivity contribution in [2.24, 2.45) is 0 Å². The molecule has 10 heteroatoms. The van der Waals surface area contributed by atoms with E-state index in [1.807, 2.05) is 0 Å². The number of aromatic nitrogens is 2. The number of nitrogens with two attached hydrogens (primary N) is 1. The molecule has 3 N–H and O–H groups in total. The predicted molar refractivity (Wildman–Crippen MR) is 59.9 cm³/mol. The molecule has 17 heavy (non-hydrogen) atoms. The van der Waals surface area contributed by atoms with Crippen LogP contribution in [0.4, 0.5) is 5.13 Å². The lowest BCUT2D eigenvalue weighted by Crippen LogP contribution is -2.50. The fourth-order valence-corrected chi connectivity index (χ4v) is 4.01. The summed E-state index contributed by atoms with van der Waals surface area (Å²) in [6.07, 6.45) is 0. The second-order valence-corrected chi connectivity index (χ2v) is 6.51. The maximum absolute atomic E-state index is 12.2. The first-order valence-corrected chi connectivity index (χ1v) is 7.11. The highest BCUT2D eigenvalue weighted by atomic mass is 32.2. The zero-order valence-corrected chi connectivity index (χ0v) is 10.4. The number of morpholine rings is 1. The van der Waals surface area contributed by atoms with Crippen LogP contribution in [0.1, 0.15) is 0 Å². The standard InChI is InChI=1S/C7H12N4O4S2/c8-6-9-10-7(16-6)17(13,14)11-1-2-15-4-5(11)3-12/h5,12H,1-4H2,(H2,8,9). The molecule has 1 saturated heterocycles. The monoisotopic (exact) mass is 280 g/mol. The fraction of sp³-hybridized carbons (Fsp3) is 0.714. The van der Waals surface area contributed by atoms with Gasteiger partial charge in [0.05, 0.1) is 25.9 Å². The topological polar surface area (TPSA) is 119 Å². The third-order valence-electron chi connectivity index (χ3n) is 2.34. The van der Waals surface area contributed by atoms with Crippen LogP contribution >= 0.6 is 11.3 Å². The molecular weight excluding hydrogens is 268 g/mol. The summed E-state index contributed by atoms with van der Waals surface area (Å²) in [5.41, 5.74) is 5.36. The van der Waals surface area contributed by atoms with Crippen molar-refractivity contribution in [2.75, 3.05) is 32.1 Å². The van der Waals surface area contributed by atoms with Crippen LogP contribution in [0.15, 0.2) is 4.34 Å². The lowest BCUT2D eigenvalue weighted by Gasteiger charge is -2.32. The van der Waals surface area contributed by atoms with Crippen molar-refractivity contribution in [2.45, 2.75) is 10.4 Å². The van der Waals surface area contributed by atoms with Crippen molar-refractivity contribution < 1.29 is 18.3 Å². The Morgan fingerprint density at radius 1 is 1.59 bits per heavy atom. The van der Waals surface area contributed by atoms with Gasteiger partial charge in [-0.05, 0) is 0 Å². The Kier molecular flexibility index (Phi) is 3.58. The van der Waals surface area contributed by atoms with Gasteiger partial charge >= 0.3 is 0 Å². The highest BCUT2D eigenvalue weighted by molar-refractivity contribution is 7.91. The maximum Gasteiger partial charge on any atom is 0.272 e. The number of hydrogen-bond donors (Lipinski definition) is 2. The summed E-state index contributed by atoms with van der Waals surface area (Å²) in [4.78, 5) is 0. The molecule has 0 spiro atoms. The van der Waals surface area contributed by atoms with Gasteiger partial charge in [0.15, 0.2) is 0 Å². The van der Waals surface area contributed by atoms with Crippen molar-refractivity contribution in [3.8, 4) is 0 Å². The minimum absolute atomic E-state index is 0.0948. The van der Waals surface area contributed by atoms with Gasteiger partial charge in [0.1, 0.15) is 0 Å². The summed E-state index contributed by atoms with van der Waals surface area (Å²) >= 11 is 0.804. The quantitative estimate of drug-likeness (QED) is 0.691. The minimum Gasteiger partial charge on any atom is -0.395 e. The van der Waals surface area contributed by atoms with Crippen molar-refractivity contribution in [1.82, 2.24) is 14.5 Å². The zero-order valence-electron chi connectivity index (χ0n) is 8.81. The van der Waals surface area contributed by atoms with Crippen LogP contribution in [0, 0.1) is 0 Å². The van der Waals surface area contributed by atoms with Crippen molar-refractivity contribution in [1.29, 1.82) is 0 Å². The average molecular weight is 280 g/mol. The molecule has 0 amide bonds. The maximum atomic E-state index is 12.2. The van der Waals surface area contributed by atoms with Gasteiger partial charge in [0, 0.05) is 6.54 Å². The molecule has 1 unspecified atom stereocenters. The van der Waals surface area contributed by atoms with E-state index in [9.17, 15) is 8.42 Å². The molecule has 2 rings (SSSR count). The molecule has 0 bridgehead atoms. The highest BCUT2D eigenvalue weighted by Gasteiger charge is 2.36. The Morgan fingerprint density at radius 2 is 2.35 bits per heavy atom. The van der Waals surface area contributed by atoms with Gasteiger partial charge in [-0.25, -0.2) is 8.42 Å². The second-order valence-electron chi connectivity index (χ2n) is 3.43. The van der Waals surface area contributed by atoms with Gasteiger partial charge in [-0.1, -0.05) is 11.3 Å². The third kappa shape index (κ3) is 2.40. The normalized spacial score (nSPS) is 22.8. The number of hydrogen-bond acceptors (Lipinski definition) is 8. The number of nitrogens with zero attached hydrogens (tertiary/aromatic N) is 3. The van der Waals surface area contributed by atoms with Gasteiger partial charge in [-0.2, -0.15) is 4.31 Å². The zero-order chi connectivity index (χ0) is 12.5. The summed E-state index contributed by atoms with van der Waals surface area (Å²) in [7, 11) is -3.74. The molecule has 1 aromatic heterocycles. The van der Waals surface area contributed by atoms with Gasteiger partial charge in [-0.3, -0.25) is 0 Å². The van der Waals surface area contributed by atoms with Crippen LogP contribution in [0.5, 0.6) is 0 Å². The summed E-state index contributed by atoms with van der Waals surface area (Å²) in [5.74, 6) is 0. The van der Waals surface area contributed by atoms with E-state index in [1.165, 1.54) is 4.31 Å². The van der Waals surface area contributed by atoms with Crippen LogP contribution in [0.2, 0.25) is 0 Å². The predicted octanol–water partition coefficient (Wildman–Crippen LogP) is -1.50. The lowest BCUT2D eigenvalue weighted by atomic mass is 10.3. The summed E-state index contributed by atoms with van der Waals surface area (Å²) in [6, 6.07) is -0.584. The van der Waals surface area contributed by atoms with Crippen LogP contribution in [0.3, 0.4) is 0 Å². The van der Waals surface area contributed by atoms with E-state index in [-0.39, 0.29) is 29.2 Å². The Labute approximate surface area is 102 Å². The lowest BCUT2D eigenvalue weighted by molar-refractivity contribution is 0.0109. The van der Waals surface area contributed by atoms with Crippen LogP contribution < -0.4 is 5.73 Å². The molecule has 0 saturated carbocycles. The van der Waals surface area contributed by atoms with Gasteiger partial charge in [0.2, 0.25) is 9.47 Å². The van der Waals surface area contributed by atoms with E-state index in [0.717, 1.165) is 11.3 Å². The Bertz CT molecular complexity index is 488. The van der Waals surface area contributed by atoms with Crippen molar-refractivity contribution >= 4 is 26.5 Å². The van der Waals surface area contributed by atoms with E-state index in [0.29, 0.717) is 6.61 Å². The molecule has 1 atom stereocenters. The second kappa shape index (κ2) is 4.82. The molecule has 8 nitrogen and oxygen atoms in total. The molecule has 1 aromatic rings. The first-order chi connectivity index (χ1) is 8.05. The molecule has 0 aliphatic carbocycles. The van der Waals surface area contributed by atoms with Gasteiger partial charge in [-0.15, -0.1) is 10.2 Å². The van der Waals surface area contributed by atoms with E-state index in [2.05, 4.69) is 10.2 Å². The van der Waals surface area contributed by atoms with E-state index >= 15 is 0 Å². The van der Waals surface area contributed by atoms with Gasteiger partial charge in [0.25, 0.3) is 10.0 Å². The van der Waals surface area contributed by atoms with E-state index < -0.39 is 16.1 Å². The molecule has 2 heterocycles. The van der Waals surface area contributed by atoms with E-state index in [4.69, 9.17) is 15.6 Å². The molecule has 1 fully saturated rings. The number of nitrogen functional groups attached to an aromatic ring is 1. The highest BCUT2D eigenvalue weighted by Crippen LogP contribution is 2.24. The first kappa shape index (κ1) is 12.6. The van der Waals surface area contributed by atoms with Crippen LogP contribution in [-0.2, 0) is 14.8 Å². The van der Waals surface area contributed by atoms with Crippen LogP contribution in [-0.4, -0.2) is 60.4 Å². The third-order valence-corrected chi connectivity index (χ3v) is 5.39.